The monoisotopic (exact) mass is 383 g/mol. The second-order valence-electron chi connectivity index (χ2n) is 6.06. The third-order valence-electron chi connectivity index (χ3n) is 4.39. The molecule has 0 radical (unpaired) electrons. The van der Waals surface area contributed by atoms with Crippen molar-refractivity contribution in [1.29, 1.82) is 0 Å². The van der Waals surface area contributed by atoms with Crippen molar-refractivity contribution in [2.45, 2.75) is 11.4 Å². The van der Waals surface area contributed by atoms with E-state index >= 15 is 0 Å². The molecule has 0 aliphatic carbocycles. The molecule has 4 rings (SSSR count). The fourth-order valence-electron chi connectivity index (χ4n) is 3.11. The number of halogens is 1. The highest BCUT2D eigenvalue weighted by Crippen LogP contribution is 2.30. The zero-order valence-corrected chi connectivity index (χ0v) is 15.0. The van der Waals surface area contributed by atoms with E-state index in [1.54, 1.807) is 18.2 Å². The van der Waals surface area contributed by atoms with Crippen LogP contribution >= 0.6 is 11.8 Å². The first kappa shape index (κ1) is 17.4. The summed E-state index contributed by atoms with van der Waals surface area (Å²) < 4.78 is 19.9. The highest BCUT2D eigenvalue weighted by Gasteiger charge is 2.17. The third kappa shape index (κ3) is 3.00. The van der Waals surface area contributed by atoms with Crippen molar-refractivity contribution in [3.05, 3.63) is 80.7 Å². The van der Waals surface area contributed by atoms with Gasteiger partial charge in [-0.3, -0.25) is 4.79 Å². The van der Waals surface area contributed by atoms with Crippen LogP contribution in [0.5, 0.6) is 5.75 Å². The Bertz CT molecular complexity index is 1290. The number of benzene rings is 2. The van der Waals surface area contributed by atoms with E-state index in [4.69, 9.17) is 4.42 Å². The average molecular weight is 383 g/mol. The largest absolute Gasteiger partial charge is 0.507 e. The summed E-state index contributed by atoms with van der Waals surface area (Å²) >= 11 is 1.50. The van der Waals surface area contributed by atoms with E-state index in [9.17, 15) is 19.1 Å². The Hall–Kier alpha value is -3.06. The summed E-state index contributed by atoms with van der Waals surface area (Å²) in [6, 6.07) is 12.2. The fourth-order valence-corrected chi connectivity index (χ4v) is 3.55. The first-order chi connectivity index (χ1) is 13.0. The van der Waals surface area contributed by atoms with Gasteiger partial charge in [0, 0.05) is 10.3 Å². The summed E-state index contributed by atoms with van der Waals surface area (Å²) in [5.41, 5.74) is 0.131. The SMILES string of the molecule is CSc1ccc2c(c1)c1oc(=O)cc(O)c1c(=O)n2Cc1ccc(F)cc1. The fraction of sp³-hybridized carbons (Fsp3) is 0.100. The molecule has 27 heavy (non-hydrogen) atoms. The second-order valence-corrected chi connectivity index (χ2v) is 6.94. The van der Waals surface area contributed by atoms with Gasteiger partial charge >= 0.3 is 5.63 Å². The van der Waals surface area contributed by atoms with Crippen LogP contribution in [0.1, 0.15) is 5.56 Å². The number of rotatable bonds is 3. The molecular formula is C20H14FNO4S. The maximum absolute atomic E-state index is 13.2. The predicted molar refractivity (Wildman–Crippen MR) is 103 cm³/mol. The van der Waals surface area contributed by atoms with E-state index in [0.717, 1.165) is 16.5 Å². The summed E-state index contributed by atoms with van der Waals surface area (Å²) in [5, 5.41) is 10.7. The van der Waals surface area contributed by atoms with Crippen molar-refractivity contribution in [2.75, 3.05) is 6.26 Å². The normalized spacial score (nSPS) is 11.3. The number of thioether (sulfide) groups is 1. The van der Waals surface area contributed by atoms with Crippen LogP contribution in [0.25, 0.3) is 21.9 Å². The van der Waals surface area contributed by atoms with Crippen LogP contribution in [0.3, 0.4) is 0 Å². The molecule has 4 aromatic rings. The molecule has 2 aromatic heterocycles. The highest BCUT2D eigenvalue weighted by molar-refractivity contribution is 7.98. The third-order valence-corrected chi connectivity index (χ3v) is 5.12. The Morgan fingerprint density at radius 2 is 1.85 bits per heavy atom. The molecule has 136 valence electrons. The van der Waals surface area contributed by atoms with Gasteiger partial charge in [-0.1, -0.05) is 12.1 Å². The van der Waals surface area contributed by atoms with Gasteiger partial charge in [-0.15, -0.1) is 11.8 Å². The lowest BCUT2D eigenvalue weighted by Gasteiger charge is -2.14. The molecule has 2 aromatic carbocycles. The van der Waals surface area contributed by atoms with Crippen LogP contribution in [0, 0.1) is 5.82 Å². The number of hydrogen-bond acceptors (Lipinski definition) is 5. The highest BCUT2D eigenvalue weighted by atomic mass is 32.2. The Labute approximate surface area is 156 Å². The Kier molecular flexibility index (Phi) is 4.24. The van der Waals surface area contributed by atoms with E-state index in [1.165, 1.54) is 28.5 Å². The van der Waals surface area contributed by atoms with E-state index < -0.39 is 16.9 Å². The molecule has 5 nitrogen and oxygen atoms in total. The van der Waals surface area contributed by atoms with Crippen molar-refractivity contribution in [3.8, 4) is 5.75 Å². The molecule has 0 fully saturated rings. The van der Waals surface area contributed by atoms with Gasteiger partial charge in [0.05, 0.1) is 18.1 Å². The van der Waals surface area contributed by atoms with Crippen LogP contribution in [0.15, 0.2) is 67.4 Å². The van der Waals surface area contributed by atoms with Crippen molar-refractivity contribution >= 4 is 33.6 Å². The van der Waals surface area contributed by atoms with E-state index in [-0.39, 0.29) is 23.3 Å². The molecule has 0 saturated carbocycles. The first-order valence-corrected chi connectivity index (χ1v) is 9.32. The molecule has 1 N–H and O–H groups in total. The first-order valence-electron chi connectivity index (χ1n) is 8.10. The van der Waals surface area contributed by atoms with Gasteiger partial charge in [-0.2, -0.15) is 0 Å². The van der Waals surface area contributed by atoms with E-state index in [1.807, 2.05) is 18.4 Å². The van der Waals surface area contributed by atoms with Gasteiger partial charge < -0.3 is 14.1 Å². The number of pyridine rings is 1. The molecule has 0 atom stereocenters. The zero-order valence-electron chi connectivity index (χ0n) is 14.2. The molecule has 7 heteroatoms. The molecule has 0 saturated heterocycles. The maximum Gasteiger partial charge on any atom is 0.339 e. The Morgan fingerprint density at radius 1 is 1.11 bits per heavy atom. The standard InChI is InChI=1S/C20H14FNO4S/c1-27-13-6-7-15-14(8-13)19-18(16(23)9-17(24)26-19)20(25)22(15)10-11-2-4-12(21)5-3-11/h2-9,23H,10H2,1H3. The molecule has 0 aliphatic heterocycles. The topological polar surface area (TPSA) is 72.4 Å². The van der Waals surface area contributed by atoms with Gasteiger partial charge in [-0.25, -0.2) is 9.18 Å². The van der Waals surface area contributed by atoms with E-state index in [2.05, 4.69) is 0 Å². The summed E-state index contributed by atoms with van der Waals surface area (Å²) in [5.74, 6) is -0.783. The molecule has 0 unspecified atom stereocenters. The summed E-state index contributed by atoms with van der Waals surface area (Å²) in [6.07, 6.45) is 1.91. The Morgan fingerprint density at radius 3 is 2.56 bits per heavy atom. The van der Waals surface area contributed by atoms with Gasteiger partial charge in [0.2, 0.25) is 0 Å². The minimum Gasteiger partial charge on any atom is -0.507 e. The average Bonchev–Trinajstić information content (AvgIpc) is 2.65. The van der Waals surface area contributed by atoms with Gasteiger partial charge in [0.25, 0.3) is 5.56 Å². The molecular weight excluding hydrogens is 369 g/mol. The minimum absolute atomic E-state index is 0.0533. The van der Waals surface area contributed by atoms with Gasteiger partial charge in [0.1, 0.15) is 17.0 Å². The predicted octanol–water partition coefficient (Wildman–Crippen LogP) is 3.72. The molecule has 0 bridgehead atoms. The number of aromatic hydroxyl groups is 1. The second kappa shape index (κ2) is 6.59. The van der Waals surface area contributed by atoms with Crippen molar-refractivity contribution in [2.24, 2.45) is 0 Å². The number of aromatic nitrogens is 1. The van der Waals surface area contributed by atoms with Gasteiger partial charge in [0.15, 0.2) is 5.58 Å². The van der Waals surface area contributed by atoms with Crippen LogP contribution in [-0.2, 0) is 6.54 Å². The Balaban J connectivity index is 2.10. The summed E-state index contributed by atoms with van der Waals surface area (Å²) in [7, 11) is 0. The molecule has 0 aliphatic rings. The van der Waals surface area contributed by atoms with Crippen molar-refractivity contribution in [1.82, 2.24) is 4.57 Å². The number of hydrogen-bond donors (Lipinski definition) is 1. The number of fused-ring (bicyclic) bond motifs is 3. The lowest BCUT2D eigenvalue weighted by molar-refractivity contribution is 0.467. The van der Waals surface area contributed by atoms with Crippen molar-refractivity contribution < 1.29 is 13.9 Å². The van der Waals surface area contributed by atoms with Crippen LogP contribution in [0.4, 0.5) is 4.39 Å². The molecule has 0 spiro atoms. The molecule has 2 heterocycles. The quantitative estimate of drug-likeness (QED) is 0.431. The molecule has 0 amide bonds. The van der Waals surface area contributed by atoms with Gasteiger partial charge in [-0.05, 0) is 42.2 Å². The zero-order chi connectivity index (χ0) is 19.1. The van der Waals surface area contributed by atoms with E-state index in [0.29, 0.717) is 10.9 Å². The van der Waals surface area contributed by atoms with Crippen LogP contribution < -0.4 is 11.2 Å². The smallest absolute Gasteiger partial charge is 0.339 e. The van der Waals surface area contributed by atoms with Crippen molar-refractivity contribution in [3.63, 3.8) is 0 Å². The lowest BCUT2D eigenvalue weighted by atomic mass is 10.1. The van der Waals surface area contributed by atoms with Crippen LogP contribution in [0.2, 0.25) is 0 Å². The summed E-state index contributed by atoms with van der Waals surface area (Å²) in [6.45, 7) is 0.183. The summed E-state index contributed by atoms with van der Waals surface area (Å²) in [4.78, 5) is 25.7. The van der Waals surface area contributed by atoms with Crippen LogP contribution in [-0.4, -0.2) is 15.9 Å². The lowest BCUT2D eigenvalue weighted by Crippen LogP contribution is -2.22. The number of nitrogens with zero attached hydrogens (tertiary/aromatic N) is 1. The maximum atomic E-state index is 13.2. The minimum atomic E-state index is -0.730.